The molecule has 1 N–H and O–H groups in total. The number of methoxy groups -OCH3 is 1. The summed E-state index contributed by atoms with van der Waals surface area (Å²) in [6, 6.07) is 8.78. The molecular weight excluding hydrogens is 354 g/mol. The van der Waals surface area contributed by atoms with E-state index in [-0.39, 0.29) is 37.6 Å². The molecule has 1 aromatic rings. The number of hydrogen-bond donors (Lipinski definition) is 1. The Morgan fingerprint density at radius 3 is 2.85 bits per heavy atom. The van der Waals surface area contributed by atoms with Crippen LogP contribution in [0.3, 0.4) is 0 Å². The van der Waals surface area contributed by atoms with Gasteiger partial charge in [0.05, 0.1) is 37.5 Å². The molecule has 8 nitrogen and oxygen atoms in total. The van der Waals surface area contributed by atoms with Gasteiger partial charge in [0.2, 0.25) is 0 Å². The molecule has 150 valence electrons. The molecule has 0 amide bonds. The number of esters is 1. The molecule has 27 heavy (non-hydrogen) atoms. The van der Waals surface area contributed by atoms with Crippen molar-refractivity contribution >= 4 is 5.97 Å². The number of benzene rings is 1. The monoisotopic (exact) mass is 381 g/mol. The van der Waals surface area contributed by atoms with Gasteiger partial charge in [0.15, 0.2) is 0 Å². The van der Waals surface area contributed by atoms with Gasteiger partial charge >= 0.3 is 5.97 Å². The maximum Gasteiger partial charge on any atom is 0.338 e. The van der Waals surface area contributed by atoms with Gasteiger partial charge in [0, 0.05) is 13.7 Å². The normalized spacial score (nSPS) is 27.6. The Morgan fingerprint density at radius 1 is 1.30 bits per heavy atom. The number of ether oxygens (including phenoxy) is 4. The van der Waals surface area contributed by atoms with Crippen LogP contribution in [0.2, 0.25) is 0 Å². The Morgan fingerprint density at radius 2 is 2.11 bits per heavy atom. The van der Waals surface area contributed by atoms with Crippen molar-refractivity contribution in [3.8, 4) is 0 Å². The van der Waals surface area contributed by atoms with Crippen molar-refractivity contribution in [3.05, 3.63) is 35.9 Å². The second-order valence-electron chi connectivity index (χ2n) is 6.60. The Hall–Kier alpha value is -1.55. The number of fused-ring (bicyclic) bond motifs is 1. The third-order valence-corrected chi connectivity index (χ3v) is 4.77. The minimum Gasteiger partial charge on any atom is -0.454 e. The zero-order chi connectivity index (χ0) is 19.1. The van der Waals surface area contributed by atoms with E-state index in [9.17, 15) is 4.79 Å². The number of rotatable bonds is 10. The van der Waals surface area contributed by atoms with Crippen LogP contribution in [0.4, 0.5) is 0 Å². The van der Waals surface area contributed by atoms with E-state index in [1.807, 2.05) is 11.1 Å². The fourth-order valence-corrected chi connectivity index (χ4v) is 3.42. The summed E-state index contributed by atoms with van der Waals surface area (Å²) in [5.74, 6) is -0.387. The second-order valence-corrected chi connectivity index (χ2v) is 6.60. The first kappa shape index (κ1) is 20.2. The molecule has 3 rings (SSSR count). The Bertz CT molecular complexity index is 585. The van der Waals surface area contributed by atoms with Crippen molar-refractivity contribution < 1.29 is 33.7 Å². The first-order chi connectivity index (χ1) is 13.2. The number of hydrogen-bond acceptors (Lipinski definition) is 8. The van der Waals surface area contributed by atoms with E-state index in [1.54, 1.807) is 31.4 Å². The molecule has 0 aromatic heterocycles. The minimum atomic E-state index is -0.465. The van der Waals surface area contributed by atoms with Gasteiger partial charge in [-0.15, -0.1) is 0 Å². The van der Waals surface area contributed by atoms with Crippen molar-refractivity contribution in [2.45, 2.75) is 37.2 Å². The van der Waals surface area contributed by atoms with Crippen LogP contribution in [0.15, 0.2) is 30.3 Å². The number of nitrogens with zero attached hydrogens (tertiary/aromatic N) is 1. The molecule has 0 aliphatic carbocycles. The van der Waals surface area contributed by atoms with E-state index in [4.69, 9.17) is 28.9 Å². The molecule has 0 bridgehead atoms. The van der Waals surface area contributed by atoms with Crippen molar-refractivity contribution in [2.24, 2.45) is 0 Å². The lowest BCUT2D eigenvalue weighted by Gasteiger charge is -2.23. The lowest BCUT2D eigenvalue weighted by molar-refractivity contribution is -0.164. The third kappa shape index (κ3) is 5.25. The van der Waals surface area contributed by atoms with Gasteiger partial charge in [0.25, 0.3) is 0 Å². The SMILES string of the molecule is COCCOCO[C@H]1CN2O[C@@H](CCO)C[C@@H]2[C@H]1OC(=O)c1ccccc1. The number of aliphatic hydroxyl groups excluding tert-OH is 1. The maximum atomic E-state index is 12.5. The molecule has 8 heteroatoms. The van der Waals surface area contributed by atoms with E-state index in [2.05, 4.69) is 0 Å². The van der Waals surface area contributed by atoms with Crippen molar-refractivity contribution in [2.75, 3.05) is 40.3 Å². The Balaban J connectivity index is 1.61. The van der Waals surface area contributed by atoms with Crippen LogP contribution < -0.4 is 0 Å². The van der Waals surface area contributed by atoms with Gasteiger partial charge in [0.1, 0.15) is 19.0 Å². The summed E-state index contributed by atoms with van der Waals surface area (Å²) < 4.78 is 21.9. The predicted octanol–water partition coefficient (Wildman–Crippen LogP) is 0.988. The zero-order valence-electron chi connectivity index (χ0n) is 15.5. The highest BCUT2D eigenvalue weighted by molar-refractivity contribution is 5.89. The topological polar surface area (TPSA) is 86.7 Å². The van der Waals surface area contributed by atoms with Gasteiger partial charge in [-0.25, -0.2) is 4.79 Å². The standard InChI is InChI=1S/C19H27NO7/c1-23-9-10-24-13-25-17-12-20-16(11-15(27-20)7-8-21)18(17)26-19(22)14-5-3-2-4-6-14/h2-6,15-18,21H,7-13H2,1H3/t15-,16+,17-,18+/m0/s1. The number of carbonyl (C=O) groups is 1. The van der Waals surface area contributed by atoms with E-state index < -0.39 is 6.10 Å². The Kier molecular flexibility index (Phi) is 7.57. The van der Waals surface area contributed by atoms with Crippen LogP contribution in [-0.2, 0) is 23.8 Å². The quantitative estimate of drug-likeness (QED) is 0.365. The van der Waals surface area contributed by atoms with Crippen molar-refractivity contribution in [3.63, 3.8) is 0 Å². The fourth-order valence-electron chi connectivity index (χ4n) is 3.42. The molecule has 0 saturated carbocycles. The van der Waals surface area contributed by atoms with Gasteiger partial charge in [-0.05, 0) is 25.0 Å². The molecule has 1 aromatic carbocycles. The molecule has 2 aliphatic heterocycles. The minimum absolute atomic E-state index is 0.0625. The van der Waals surface area contributed by atoms with E-state index in [1.165, 1.54) is 0 Å². The average Bonchev–Trinajstić information content (AvgIpc) is 3.21. The average molecular weight is 381 g/mol. The molecule has 2 aliphatic rings. The van der Waals surface area contributed by atoms with Gasteiger partial charge in [-0.1, -0.05) is 18.2 Å². The summed E-state index contributed by atoms with van der Waals surface area (Å²) in [5, 5.41) is 11.0. The molecule has 4 atom stereocenters. The van der Waals surface area contributed by atoms with E-state index in [0.29, 0.717) is 38.2 Å². The molecule has 0 radical (unpaired) electrons. The Labute approximate surface area is 158 Å². The van der Waals surface area contributed by atoms with Crippen LogP contribution in [0, 0.1) is 0 Å². The molecule has 2 heterocycles. The highest BCUT2D eigenvalue weighted by Gasteiger charge is 2.51. The number of carbonyl (C=O) groups excluding carboxylic acids is 1. The van der Waals surface area contributed by atoms with Crippen LogP contribution in [0.25, 0.3) is 0 Å². The van der Waals surface area contributed by atoms with E-state index >= 15 is 0 Å². The summed E-state index contributed by atoms with van der Waals surface area (Å²) in [6.45, 7) is 1.55. The predicted molar refractivity (Wildman–Crippen MR) is 94.9 cm³/mol. The first-order valence-electron chi connectivity index (χ1n) is 9.21. The molecule has 0 spiro atoms. The van der Waals surface area contributed by atoms with E-state index in [0.717, 1.165) is 0 Å². The third-order valence-electron chi connectivity index (χ3n) is 4.77. The highest BCUT2D eigenvalue weighted by Crippen LogP contribution is 2.35. The summed E-state index contributed by atoms with van der Waals surface area (Å²) in [5.41, 5.74) is 0.497. The van der Waals surface area contributed by atoms with Crippen LogP contribution in [-0.4, -0.2) is 80.8 Å². The smallest absolute Gasteiger partial charge is 0.338 e. The largest absolute Gasteiger partial charge is 0.454 e. The summed E-state index contributed by atoms with van der Waals surface area (Å²) in [6.07, 6.45) is 0.347. The number of hydroxylamine groups is 2. The zero-order valence-corrected chi connectivity index (χ0v) is 15.5. The fraction of sp³-hybridized carbons (Fsp3) is 0.632. The summed E-state index contributed by atoms with van der Waals surface area (Å²) >= 11 is 0. The van der Waals surface area contributed by atoms with Crippen molar-refractivity contribution in [1.29, 1.82) is 0 Å². The molecule has 0 unspecified atom stereocenters. The van der Waals surface area contributed by atoms with Crippen molar-refractivity contribution in [1.82, 2.24) is 5.06 Å². The van der Waals surface area contributed by atoms with Crippen LogP contribution in [0.5, 0.6) is 0 Å². The second kappa shape index (κ2) is 10.1. The van der Waals surface area contributed by atoms with Gasteiger partial charge in [-0.3, -0.25) is 4.84 Å². The summed E-state index contributed by atoms with van der Waals surface area (Å²) in [7, 11) is 1.61. The summed E-state index contributed by atoms with van der Waals surface area (Å²) in [4.78, 5) is 18.4. The van der Waals surface area contributed by atoms with Gasteiger partial charge < -0.3 is 24.1 Å². The van der Waals surface area contributed by atoms with Crippen LogP contribution in [0.1, 0.15) is 23.2 Å². The number of aliphatic hydroxyl groups is 1. The highest BCUT2D eigenvalue weighted by atomic mass is 16.7. The first-order valence-corrected chi connectivity index (χ1v) is 9.21. The van der Waals surface area contributed by atoms with Gasteiger partial charge in [-0.2, -0.15) is 5.06 Å². The lowest BCUT2D eigenvalue weighted by Crippen LogP contribution is -2.38. The lowest BCUT2D eigenvalue weighted by atomic mass is 10.0. The molecule has 2 saturated heterocycles. The van der Waals surface area contributed by atoms with Crippen LogP contribution >= 0.6 is 0 Å². The molecular formula is C19H27NO7. The maximum absolute atomic E-state index is 12.5. The molecule has 2 fully saturated rings.